The Labute approximate surface area is 160 Å². The van der Waals surface area contributed by atoms with E-state index in [1.165, 1.54) is 6.07 Å². The largest absolute Gasteiger partial charge is 0.461 e. The van der Waals surface area contributed by atoms with Crippen LogP contribution in [0.25, 0.3) is 22.1 Å². The Morgan fingerprint density at radius 2 is 1.93 bits per heavy atom. The van der Waals surface area contributed by atoms with Gasteiger partial charge in [0.25, 0.3) is 0 Å². The molecule has 4 rings (SSSR count). The van der Waals surface area contributed by atoms with Gasteiger partial charge in [0.2, 0.25) is 0 Å². The van der Waals surface area contributed by atoms with Crippen LogP contribution < -0.4 is 5.63 Å². The standard InChI is InChI=1S/C22H19NO5/c1-2-14-7-8-16-15(12-22(25)28-19(16)11-14)13-26-21(24)10-9-20-23-17-5-3-4-6-18(17)27-20/h3-8,11-12H,2,9-10,13H2,1H3. The fourth-order valence-corrected chi connectivity index (χ4v) is 3.08. The van der Waals surface area contributed by atoms with Gasteiger partial charge in [-0.15, -0.1) is 0 Å². The van der Waals surface area contributed by atoms with E-state index in [0.29, 0.717) is 29.0 Å². The number of hydrogen-bond donors (Lipinski definition) is 0. The fourth-order valence-electron chi connectivity index (χ4n) is 3.08. The predicted molar refractivity (Wildman–Crippen MR) is 104 cm³/mol. The number of benzene rings is 2. The van der Waals surface area contributed by atoms with Crippen LogP contribution in [0.1, 0.15) is 30.4 Å². The molecule has 0 N–H and O–H groups in total. The second-order valence-corrected chi connectivity index (χ2v) is 6.51. The third-order valence-corrected chi connectivity index (χ3v) is 4.57. The number of carbonyl (C=O) groups is 1. The van der Waals surface area contributed by atoms with Gasteiger partial charge in [-0.1, -0.05) is 31.2 Å². The highest BCUT2D eigenvalue weighted by Crippen LogP contribution is 2.20. The van der Waals surface area contributed by atoms with Crippen molar-refractivity contribution in [1.29, 1.82) is 0 Å². The minimum Gasteiger partial charge on any atom is -0.461 e. The zero-order valence-corrected chi connectivity index (χ0v) is 15.4. The van der Waals surface area contributed by atoms with Crippen molar-refractivity contribution in [2.24, 2.45) is 0 Å². The molecular formula is C22H19NO5. The van der Waals surface area contributed by atoms with Gasteiger partial charge in [0.05, 0.1) is 6.42 Å². The first kappa shape index (κ1) is 18.0. The first-order valence-electron chi connectivity index (χ1n) is 9.18. The minimum atomic E-state index is -0.460. The molecule has 0 radical (unpaired) electrons. The maximum absolute atomic E-state index is 12.1. The van der Waals surface area contributed by atoms with Crippen molar-refractivity contribution >= 4 is 28.0 Å². The number of oxazole rings is 1. The summed E-state index contributed by atoms with van der Waals surface area (Å²) >= 11 is 0. The molecule has 0 aliphatic carbocycles. The monoisotopic (exact) mass is 377 g/mol. The zero-order chi connectivity index (χ0) is 19.5. The zero-order valence-electron chi connectivity index (χ0n) is 15.4. The molecule has 6 heteroatoms. The molecule has 0 unspecified atom stereocenters. The molecule has 0 saturated heterocycles. The van der Waals surface area contributed by atoms with Crippen LogP contribution in [0, 0.1) is 0 Å². The average molecular weight is 377 g/mol. The highest BCUT2D eigenvalue weighted by Gasteiger charge is 2.12. The maximum atomic E-state index is 12.1. The van der Waals surface area contributed by atoms with Crippen LogP contribution in [0.2, 0.25) is 0 Å². The molecule has 2 heterocycles. The number of hydrogen-bond acceptors (Lipinski definition) is 6. The van der Waals surface area contributed by atoms with E-state index in [4.69, 9.17) is 13.6 Å². The van der Waals surface area contributed by atoms with Gasteiger partial charge in [0.15, 0.2) is 11.5 Å². The molecule has 6 nitrogen and oxygen atoms in total. The molecule has 2 aromatic heterocycles. The van der Waals surface area contributed by atoms with Crippen LogP contribution in [-0.4, -0.2) is 11.0 Å². The molecule has 142 valence electrons. The quantitative estimate of drug-likeness (QED) is 0.370. The van der Waals surface area contributed by atoms with Crippen LogP contribution in [0.3, 0.4) is 0 Å². The Hall–Kier alpha value is -3.41. The lowest BCUT2D eigenvalue weighted by molar-refractivity contribution is -0.144. The number of aryl methyl sites for hydroxylation is 2. The van der Waals surface area contributed by atoms with Gasteiger partial charge in [-0.3, -0.25) is 4.79 Å². The first-order valence-corrected chi connectivity index (χ1v) is 9.18. The maximum Gasteiger partial charge on any atom is 0.336 e. The van der Waals surface area contributed by atoms with E-state index in [1.54, 1.807) is 0 Å². The summed E-state index contributed by atoms with van der Waals surface area (Å²) in [6, 6.07) is 14.5. The van der Waals surface area contributed by atoms with E-state index in [-0.39, 0.29) is 19.0 Å². The van der Waals surface area contributed by atoms with Crippen molar-refractivity contribution in [2.45, 2.75) is 32.8 Å². The van der Waals surface area contributed by atoms with Crippen molar-refractivity contribution in [3.63, 3.8) is 0 Å². The van der Waals surface area contributed by atoms with E-state index in [2.05, 4.69) is 4.98 Å². The van der Waals surface area contributed by atoms with Gasteiger partial charge in [0, 0.05) is 23.4 Å². The summed E-state index contributed by atoms with van der Waals surface area (Å²) in [5, 5.41) is 0.767. The van der Waals surface area contributed by atoms with Gasteiger partial charge < -0.3 is 13.6 Å². The van der Waals surface area contributed by atoms with Crippen LogP contribution in [0.5, 0.6) is 0 Å². The van der Waals surface area contributed by atoms with Crippen LogP contribution in [0.4, 0.5) is 0 Å². The molecule has 0 bridgehead atoms. The van der Waals surface area contributed by atoms with Crippen LogP contribution in [-0.2, 0) is 29.0 Å². The van der Waals surface area contributed by atoms with E-state index >= 15 is 0 Å². The summed E-state index contributed by atoms with van der Waals surface area (Å²) in [6.07, 6.45) is 1.34. The Morgan fingerprint density at radius 3 is 2.75 bits per heavy atom. The minimum absolute atomic E-state index is 0.0139. The van der Waals surface area contributed by atoms with E-state index in [1.807, 2.05) is 49.4 Å². The van der Waals surface area contributed by atoms with Gasteiger partial charge in [-0.05, 0) is 30.2 Å². The third kappa shape index (κ3) is 3.81. The van der Waals surface area contributed by atoms with Crippen molar-refractivity contribution in [2.75, 3.05) is 0 Å². The van der Waals surface area contributed by atoms with Crippen LogP contribution >= 0.6 is 0 Å². The molecule has 0 aliphatic rings. The third-order valence-electron chi connectivity index (χ3n) is 4.57. The number of para-hydroxylation sites is 2. The first-order chi connectivity index (χ1) is 13.6. The molecule has 0 spiro atoms. The lowest BCUT2D eigenvalue weighted by Crippen LogP contribution is -2.08. The molecule has 2 aromatic carbocycles. The Balaban J connectivity index is 1.42. The number of fused-ring (bicyclic) bond motifs is 2. The van der Waals surface area contributed by atoms with Crippen molar-refractivity contribution in [3.05, 3.63) is 76.0 Å². The smallest absolute Gasteiger partial charge is 0.336 e. The van der Waals surface area contributed by atoms with E-state index in [9.17, 15) is 9.59 Å². The lowest BCUT2D eigenvalue weighted by Gasteiger charge is -2.08. The molecule has 0 amide bonds. The molecule has 0 saturated carbocycles. The van der Waals surface area contributed by atoms with Crippen LogP contribution in [0.15, 0.2) is 62.2 Å². The predicted octanol–water partition coefficient (Wildman–Crippen LogP) is 4.17. The normalized spacial score (nSPS) is 11.2. The number of carbonyl (C=O) groups excluding carboxylic acids is 1. The topological polar surface area (TPSA) is 82.5 Å². The second-order valence-electron chi connectivity index (χ2n) is 6.51. The van der Waals surface area contributed by atoms with Gasteiger partial charge in [-0.25, -0.2) is 9.78 Å². The molecule has 0 fully saturated rings. The summed E-state index contributed by atoms with van der Waals surface area (Å²) in [5.41, 5.74) is 3.20. The molecule has 0 atom stereocenters. The van der Waals surface area contributed by atoms with Crippen molar-refractivity contribution in [1.82, 2.24) is 4.98 Å². The summed E-state index contributed by atoms with van der Waals surface area (Å²) in [4.78, 5) is 28.3. The van der Waals surface area contributed by atoms with Gasteiger partial charge in [0.1, 0.15) is 17.7 Å². The second kappa shape index (κ2) is 7.68. The van der Waals surface area contributed by atoms with E-state index in [0.717, 1.165) is 22.9 Å². The summed E-state index contributed by atoms with van der Waals surface area (Å²) in [7, 11) is 0. The number of rotatable bonds is 6. The Bertz CT molecular complexity index is 1170. The number of esters is 1. The Kier molecular flexibility index (Phi) is 4.93. The molecule has 28 heavy (non-hydrogen) atoms. The number of nitrogens with zero attached hydrogens (tertiary/aromatic N) is 1. The highest BCUT2D eigenvalue weighted by molar-refractivity contribution is 5.81. The van der Waals surface area contributed by atoms with Crippen molar-refractivity contribution < 1.29 is 18.4 Å². The molecule has 0 aliphatic heterocycles. The Morgan fingerprint density at radius 1 is 1.07 bits per heavy atom. The summed E-state index contributed by atoms with van der Waals surface area (Å²) < 4.78 is 16.2. The molecular weight excluding hydrogens is 358 g/mol. The SMILES string of the molecule is CCc1ccc2c(COC(=O)CCc3nc4ccccc4o3)cc(=O)oc2c1. The average Bonchev–Trinajstić information content (AvgIpc) is 3.12. The van der Waals surface area contributed by atoms with E-state index < -0.39 is 5.63 Å². The summed E-state index contributed by atoms with van der Waals surface area (Å²) in [5.74, 6) is 0.116. The number of aromatic nitrogens is 1. The number of ether oxygens (including phenoxy) is 1. The fraction of sp³-hybridized carbons (Fsp3) is 0.227. The van der Waals surface area contributed by atoms with Gasteiger partial charge in [-0.2, -0.15) is 0 Å². The van der Waals surface area contributed by atoms with Gasteiger partial charge >= 0.3 is 11.6 Å². The highest BCUT2D eigenvalue weighted by atomic mass is 16.5. The lowest BCUT2D eigenvalue weighted by atomic mass is 10.1. The molecule has 4 aromatic rings. The van der Waals surface area contributed by atoms with Crippen molar-refractivity contribution in [3.8, 4) is 0 Å². The summed E-state index contributed by atoms with van der Waals surface area (Å²) in [6.45, 7) is 2.04.